The summed E-state index contributed by atoms with van der Waals surface area (Å²) in [4.78, 5) is 13.0. The van der Waals surface area contributed by atoms with Crippen molar-refractivity contribution < 1.29 is 31.8 Å². The van der Waals surface area contributed by atoms with Crippen molar-refractivity contribution >= 4 is 34.3 Å². The summed E-state index contributed by atoms with van der Waals surface area (Å²) in [6.45, 7) is 2.87. The highest BCUT2D eigenvalue weighted by molar-refractivity contribution is 6.32. The zero-order chi connectivity index (χ0) is 25.7. The number of ether oxygens (including phenoxy) is 3. The van der Waals surface area contributed by atoms with E-state index in [1.54, 1.807) is 0 Å². The molecule has 0 aromatic carbocycles. The van der Waals surface area contributed by atoms with E-state index in [1.807, 2.05) is 0 Å². The predicted octanol–water partition coefficient (Wildman–Crippen LogP) is 3.72. The summed E-state index contributed by atoms with van der Waals surface area (Å²) in [5.74, 6) is -0.272. The molecule has 3 aromatic rings. The number of likely N-dealkylation sites (tertiary alicyclic amines) is 1. The van der Waals surface area contributed by atoms with Crippen LogP contribution in [0.4, 0.5) is 29.2 Å². The van der Waals surface area contributed by atoms with E-state index in [2.05, 4.69) is 30.3 Å². The Balaban J connectivity index is 1.26. The van der Waals surface area contributed by atoms with E-state index in [9.17, 15) is 13.2 Å². The number of aromatic nitrogens is 5. The molecule has 0 aliphatic carbocycles. The van der Waals surface area contributed by atoms with Gasteiger partial charge in [-0.1, -0.05) is 11.6 Å². The number of halogens is 5. The Bertz CT molecular complexity index is 1280. The molecule has 15 heteroatoms. The van der Waals surface area contributed by atoms with Gasteiger partial charge >= 0.3 is 6.18 Å². The molecule has 0 spiro atoms. The molecular weight excluding hydrogens is 522 g/mol. The molecule has 2 N–H and O–H groups in total. The number of nitrogens with zero attached hydrogens (tertiary/aromatic N) is 5. The average molecular weight is 546 g/mol. The summed E-state index contributed by atoms with van der Waals surface area (Å²) in [5, 5.41) is 7.05. The van der Waals surface area contributed by atoms with Crippen LogP contribution < -0.4 is 10.1 Å². The average Bonchev–Trinajstić information content (AvgIpc) is 3.54. The molecular formula is C22H24ClF4N7O3. The molecule has 3 aromatic heterocycles. The van der Waals surface area contributed by atoms with Gasteiger partial charge in [0.05, 0.1) is 61.3 Å². The third kappa shape index (κ3) is 4.71. The minimum absolute atomic E-state index is 0.0463. The first-order chi connectivity index (χ1) is 17.8. The molecule has 1 unspecified atom stereocenters. The Hall–Kier alpha value is -2.68. The summed E-state index contributed by atoms with van der Waals surface area (Å²) >= 11 is 6.55. The van der Waals surface area contributed by atoms with Gasteiger partial charge in [0.2, 0.25) is 11.8 Å². The second-order valence-corrected chi connectivity index (χ2v) is 9.71. The standard InChI is InChI=1S/C22H24ClF4N7O3/c23-18-15(6-29-34(18)16-1-3-33(7-14(16)24)11-8-36-9-11)30-21-31-19-17(13(5-28-19)22(25,26)27)20(32-21)37-12-2-4-35-10-12/h5-6,11-12,14,16H,1-4,7-10H2,(H2,28,30,31,32)/t12?,14-,16-/m0/s1. The van der Waals surface area contributed by atoms with Gasteiger partial charge in [-0.2, -0.15) is 28.2 Å². The molecule has 6 heterocycles. The molecule has 0 bridgehead atoms. The lowest BCUT2D eigenvalue weighted by atomic mass is 10.0. The monoisotopic (exact) mass is 545 g/mol. The van der Waals surface area contributed by atoms with Crippen LogP contribution in [0.15, 0.2) is 12.4 Å². The van der Waals surface area contributed by atoms with Crippen LogP contribution >= 0.6 is 11.6 Å². The Kier molecular flexibility index (Phi) is 6.37. The Labute approximate surface area is 213 Å². The van der Waals surface area contributed by atoms with Crippen LogP contribution in [0.1, 0.15) is 24.4 Å². The van der Waals surface area contributed by atoms with Crippen molar-refractivity contribution in [1.29, 1.82) is 0 Å². The molecule has 3 atom stereocenters. The third-order valence-corrected chi connectivity index (χ3v) is 7.32. The fourth-order valence-corrected chi connectivity index (χ4v) is 5.13. The first-order valence-corrected chi connectivity index (χ1v) is 12.3. The van der Waals surface area contributed by atoms with Gasteiger partial charge in [-0.15, -0.1) is 0 Å². The number of fused-ring (bicyclic) bond motifs is 1. The van der Waals surface area contributed by atoms with Crippen LogP contribution in [-0.2, 0) is 15.7 Å². The molecule has 6 rings (SSSR count). The van der Waals surface area contributed by atoms with Crippen LogP contribution in [0.2, 0.25) is 5.15 Å². The number of hydrogen-bond acceptors (Lipinski definition) is 8. The van der Waals surface area contributed by atoms with Gasteiger partial charge in [-0.25, -0.2) is 9.07 Å². The highest BCUT2D eigenvalue weighted by atomic mass is 35.5. The molecule has 3 fully saturated rings. The van der Waals surface area contributed by atoms with Crippen LogP contribution in [0, 0.1) is 0 Å². The minimum Gasteiger partial charge on any atom is -0.471 e. The number of alkyl halides is 4. The number of nitrogens with one attached hydrogen (secondary N) is 2. The number of H-pyrrole nitrogens is 1. The number of rotatable bonds is 6. The maximum atomic E-state index is 15.1. The van der Waals surface area contributed by atoms with Crippen LogP contribution in [-0.4, -0.2) is 87.5 Å². The second-order valence-electron chi connectivity index (χ2n) is 9.36. The Morgan fingerprint density at radius 1 is 1.16 bits per heavy atom. The van der Waals surface area contributed by atoms with Gasteiger partial charge < -0.3 is 24.5 Å². The van der Waals surface area contributed by atoms with E-state index in [0.717, 1.165) is 6.20 Å². The van der Waals surface area contributed by atoms with Crippen molar-refractivity contribution in [3.8, 4) is 5.88 Å². The van der Waals surface area contributed by atoms with Gasteiger partial charge in [0, 0.05) is 25.7 Å². The SMILES string of the molecule is F[C@H]1CN(C2COC2)CC[C@@H]1n1ncc(Nc2nc(OC3CCOC3)c3c(C(F)(F)F)c[nH]c3n2)c1Cl. The minimum atomic E-state index is -4.63. The smallest absolute Gasteiger partial charge is 0.418 e. The molecule has 3 saturated heterocycles. The third-order valence-electron chi connectivity index (χ3n) is 6.94. The Morgan fingerprint density at radius 2 is 2.00 bits per heavy atom. The Morgan fingerprint density at radius 3 is 2.68 bits per heavy atom. The lowest BCUT2D eigenvalue weighted by Crippen LogP contribution is -2.55. The summed E-state index contributed by atoms with van der Waals surface area (Å²) < 4.78 is 73.6. The van der Waals surface area contributed by atoms with E-state index in [-0.39, 0.29) is 47.2 Å². The zero-order valence-electron chi connectivity index (χ0n) is 19.5. The lowest BCUT2D eigenvalue weighted by Gasteiger charge is -2.42. The van der Waals surface area contributed by atoms with E-state index in [0.29, 0.717) is 44.9 Å². The first kappa shape index (κ1) is 24.6. The number of hydrogen-bond donors (Lipinski definition) is 2. The molecule has 3 aliphatic rings. The largest absolute Gasteiger partial charge is 0.471 e. The predicted molar refractivity (Wildman–Crippen MR) is 124 cm³/mol. The maximum Gasteiger partial charge on any atom is 0.418 e. The van der Waals surface area contributed by atoms with Gasteiger partial charge in [0.1, 0.15) is 17.9 Å². The highest BCUT2D eigenvalue weighted by Gasteiger charge is 2.38. The normalized spacial score (nSPS) is 25.5. The van der Waals surface area contributed by atoms with Gasteiger partial charge in [0.25, 0.3) is 0 Å². The molecule has 200 valence electrons. The summed E-state index contributed by atoms with van der Waals surface area (Å²) in [6, 6.07) is -0.308. The molecule has 3 aliphatic heterocycles. The lowest BCUT2D eigenvalue weighted by molar-refractivity contribution is -0.136. The first-order valence-electron chi connectivity index (χ1n) is 11.9. The number of piperidine rings is 1. The van der Waals surface area contributed by atoms with Crippen LogP contribution in [0.3, 0.4) is 0 Å². The van der Waals surface area contributed by atoms with Gasteiger partial charge in [-0.05, 0) is 6.42 Å². The van der Waals surface area contributed by atoms with Crippen molar-refractivity contribution in [3.63, 3.8) is 0 Å². The van der Waals surface area contributed by atoms with E-state index >= 15 is 4.39 Å². The van der Waals surface area contributed by atoms with Gasteiger partial charge in [-0.3, -0.25) is 4.90 Å². The fraction of sp³-hybridized carbons (Fsp3) is 0.591. The second kappa shape index (κ2) is 9.57. The summed E-state index contributed by atoms with van der Waals surface area (Å²) in [7, 11) is 0. The summed E-state index contributed by atoms with van der Waals surface area (Å²) in [5.41, 5.74) is -0.693. The molecule has 0 radical (unpaired) electrons. The molecule has 0 saturated carbocycles. The van der Waals surface area contributed by atoms with Crippen LogP contribution in [0.5, 0.6) is 5.88 Å². The molecule has 37 heavy (non-hydrogen) atoms. The number of anilines is 2. The van der Waals surface area contributed by atoms with Crippen molar-refractivity contribution in [3.05, 3.63) is 23.1 Å². The van der Waals surface area contributed by atoms with Crippen LogP contribution in [0.25, 0.3) is 11.0 Å². The maximum absolute atomic E-state index is 15.1. The van der Waals surface area contributed by atoms with Crippen molar-refractivity contribution in [2.24, 2.45) is 0 Å². The van der Waals surface area contributed by atoms with Crippen molar-refractivity contribution in [2.75, 3.05) is 44.8 Å². The number of aromatic amines is 1. The van der Waals surface area contributed by atoms with E-state index in [4.69, 9.17) is 25.8 Å². The quantitative estimate of drug-likeness (QED) is 0.452. The van der Waals surface area contributed by atoms with E-state index < -0.39 is 30.1 Å². The van der Waals surface area contributed by atoms with Crippen molar-refractivity contribution in [1.82, 2.24) is 29.6 Å². The fourth-order valence-electron chi connectivity index (χ4n) is 4.87. The topological polar surface area (TPSA) is 102 Å². The molecule has 0 amide bonds. The molecule has 10 nitrogen and oxygen atoms in total. The van der Waals surface area contributed by atoms with Gasteiger partial charge in [0.15, 0.2) is 5.15 Å². The van der Waals surface area contributed by atoms with Crippen molar-refractivity contribution in [2.45, 2.75) is 43.4 Å². The zero-order valence-corrected chi connectivity index (χ0v) is 20.2. The highest BCUT2D eigenvalue weighted by Crippen LogP contribution is 2.40. The summed E-state index contributed by atoms with van der Waals surface area (Å²) in [6.07, 6.45) is -2.96. The van der Waals surface area contributed by atoms with E-state index in [1.165, 1.54) is 10.9 Å².